The molecule has 0 radical (unpaired) electrons. The van der Waals surface area contributed by atoms with Crippen LogP contribution >= 0.6 is 11.9 Å². The van der Waals surface area contributed by atoms with Gasteiger partial charge in [-0.1, -0.05) is 5.57 Å². The molecular formula is C7H11NS. The highest BCUT2D eigenvalue weighted by Crippen LogP contribution is 2.34. The molecule has 1 aliphatic heterocycles. The zero-order valence-corrected chi connectivity index (χ0v) is 6.83. The van der Waals surface area contributed by atoms with Crippen LogP contribution < -0.4 is 0 Å². The normalized spacial score (nSPS) is 23.7. The largest absolute Gasteiger partial charge is 0.224 e. The highest BCUT2D eigenvalue weighted by atomic mass is 32.2. The van der Waals surface area contributed by atoms with Gasteiger partial charge < -0.3 is 0 Å². The van der Waals surface area contributed by atoms with Crippen molar-refractivity contribution in [3.05, 3.63) is 11.6 Å². The summed E-state index contributed by atoms with van der Waals surface area (Å²) in [6.45, 7) is 6.50. The molecule has 0 spiro atoms. The first-order valence-corrected chi connectivity index (χ1v) is 3.79. The van der Waals surface area contributed by atoms with E-state index in [1.807, 2.05) is 6.21 Å². The molecule has 0 atom stereocenters. The highest BCUT2D eigenvalue weighted by molar-refractivity contribution is 7.99. The van der Waals surface area contributed by atoms with Crippen LogP contribution in [0.3, 0.4) is 0 Å². The standard InChI is InChI=1S/C7H11NS/c1-6-4-5-8-9-7(6,2)3/h4-5H,1-3H3. The summed E-state index contributed by atoms with van der Waals surface area (Å²) in [6.07, 6.45) is 3.92. The Labute approximate surface area is 60.4 Å². The quantitative estimate of drug-likeness (QED) is 0.472. The summed E-state index contributed by atoms with van der Waals surface area (Å²) in [7, 11) is 0. The number of rotatable bonds is 0. The van der Waals surface area contributed by atoms with E-state index in [9.17, 15) is 0 Å². The molecule has 0 aromatic carbocycles. The molecule has 0 unspecified atom stereocenters. The van der Waals surface area contributed by atoms with Gasteiger partial charge in [-0.15, -0.1) is 0 Å². The van der Waals surface area contributed by atoms with Crippen LogP contribution in [0.4, 0.5) is 0 Å². The third-order valence-electron chi connectivity index (χ3n) is 1.62. The van der Waals surface area contributed by atoms with Crippen molar-refractivity contribution in [2.24, 2.45) is 4.40 Å². The fraction of sp³-hybridized carbons (Fsp3) is 0.571. The van der Waals surface area contributed by atoms with Crippen LogP contribution in [-0.2, 0) is 0 Å². The first kappa shape index (κ1) is 6.87. The van der Waals surface area contributed by atoms with Gasteiger partial charge in [-0.2, -0.15) is 0 Å². The van der Waals surface area contributed by atoms with Crippen molar-refractivity contribution in [2.45, 2.75) is 25.5 Å². The Morgan fingerprint density at radius 3 is 2.56 bits per heavy atom. The molecular weight excluding hydrogens is 130 g/mol. The van der Waals surface area contributed by atoms with Crippen LogP contribution in [0.25, 0.3) is 0 Å². The maximum atomic E-state index is 4.10. The Bertz CT molecular complexity index is 168. The second-order valence-electron chi connectivity index (χ2n) is 2.71. The third-order valence-corrected chi connectivity index (χ3v) is 2.62. The van der Waals surface area contributed by atoms with Gasteiger partial charge in [0.2, 0.25) is 0 Å². The fourth-order valence-corrected chi connectivity index (χ4v) is 1.17. The van der Waals surface area contributed by atoms with Crippen molar-refractivity contribution in [1.82, 2.24) is 0 Å². The molecule has 0 bridgehead atoms. The third kappa shape index (κ3) is 1.36. The van der Waals surface area contributed by atoms with Gasteiger partial charge in [0.15, 0.2) is 0 Å². The molecule has 1 aliphatic rings. The summed E-state index contributed by atoms with van der Waals surface area (Å²) in [6, 6.07) is 0. The summed E-state index contributed by atoms with van der Waals surface area (Å²) >= 11 is 1.63. The summed E-state index contributed by atoms with van der Waals surface area (Å²) in [5, 5.41) is 0. The van der Waals surface area contributed by atoms with Gasteiger partial charge in [0.05, 0.1) is 4.75 Å². The highest BCUT2D eigenvalue weighted by Gasteiger charge is 2.21. The van der Waals surface area contributed by atoms with E-state index in [4.69, 9.17) is 0 Å². The Balaban J connectivity index is 2.83. The maximum absolute atomic E-state index is 4.10. The van der Waals surface area contributed by atoms with E-state index >= 15 is 0 Å². The van der Waals surface area contributed by atoms with E-state index in [1.54, 1.807) is 11.9 Å². The van der Waals surface area contributed by atoms with Crippen LogP contribution in [0, 0.1) is 0 Å². The average molecular weight is 141 g/mol. The SMILES string of the molecule is CC1=CC=NSC1(C)C. The lowest BCUT2D eigenvalue weighted by molar-refractivity contribution is 0.832. The summed E-state index contributed by atoms with van der Waals surface area (Å²) in [5.74, 6) is 0. The molecule has 0 aliphatic carbocycles. The van der Waals surface area contributed by atoms with Crippen LogP contribution in [0.5, 0.6) is 0 Å². The molecule has 0 saturated carbocycles. The molecule has 0 aromatic heterocycles. The van der Waals surface area contributed by atoms with Gasteiger partial charge in [-0.25, -0.2) is 4.40 Å². The summed E-state index contributed by atoms with van der Waals surface area (Å²) in [5.41, 5.74) is 1.39. The number of nitrogens with zero attached hydrogens (tertiary/aromatic N) is 1. The smallest absolute Gasteiger partial charge is 0.0531 e. The predicted molar refractivity (Wildman–Crippen MR) is 43.9 cm³/mol. The topological polar surface area (TPSA) is 12.4 Å². The van der Waals surface area contributed by atoms with Crippen molar-refractivity contribution < 1.29 is 0 Å². The van der Waals surface area contributed by atoms with Crippen molar-refractivity contribution in [2.75, 3.05) is 0 Å². The molecule has 2 heteroatoms. The minimum absolute atomic E-state index is 0.217. The molecule has 9 heavy (non-hydrogen) atoms. The van der Waals surface area contributed by atoms with E-state index in [0.717, 1.165) is 0 Å². The Hall–Kier alpha value is -0.240. The van der Waals surface area contributed by atoms with Gasteiger partial charge >= 0.3 is 0 Å². The van der Waals surface area contributed by atoms with E-state index in [1.165, 1.54) is 5.57 Å². The van der Waals surface area contributed by atoms with Crippen LogP contribution in [0.15, 0.2) is 16.0 Å². The second-order valence-corrected chi connectivity index (χ2v) is 4.12. The fourth-order valence-electron chi connectivity index (χ4n) is 0.577. The monoisotopic (exact) mass is 141 g/mol. The van der Waals surface area contributed by atoms with Crippen molar-refractivity contribution in [3.8, 4) is 0 Å². The molecule has 0 amide bonds. The first-order valence-electron chi connectivity index (χ1n) is 3.02. The average Bonchev–Trinajstić information content (AvgIpc) is 1.77. The molecule has 1 nitrogen and oxygen atoms in total. The van der Waals surface area contributed by atoms with E-state index in [2.05, 4.69) is 31.2 Å². The minimum atomic E-state index is 0.217. The predicted octanol–water partition coefficient (Wildman–Crippen LogP) is 2.44. The van der Waals surface area contributed by atoms with E-state index in [0.29, 0.717) is 0 Å². The Kier molecular flexibility index (Phi) is 1.66. The first-order chi connectivity index (χ1) is 4.13. The lowest BCUT2D eigenvalue weighted by Crippen LogP contribution is -2.17. The minimum Gasteiger partial charge on any atom is -0.224 e. The van der Waals surface area contributed by atoms with Crippen molar-refractivity contribution in [1.29, 1.82) is 0 Å². The Morgan fingerprint density at radius 2 is 2.22 bits per heavy atom. The van der Waals surface area contributed by atoms with Gasteiger partial charge in [-0.05, 0) is 38.8 Å². The zero-order chi connectivity index (χ0) is 6.91. The van der Waals surface area contributed by atoms with Crippen LogP contribution in [0.1, 0.15) is 20.8 Å². The van der Waals surface area contributed by atoms with Gasteiger partial charge in [0.25, 0.3) is 0 Å². The molecule has 50 valence electrons. The maximum Gasteiger partial charge on any atom is 0.0531 e. The molecule has 0 saturated heterocycles. The zero-order valence-electron chi connectivity index (χ0n) is 6.01. The number of hydrogen-bond donors (Lipinski definition) is 0. The van der Waals surface area contributed by atoms with Crippen LogP contribution in [-0.4, -0.2) is 11.0 Å². The van der Waals surface area contributed by atoms with Gasteiger partial charge in [-0.3, -0.25) is 0 Å². The van der Waals surface area contributed by atoms with Crippen LogP contribution in [0.2, 0.25) is 0 Å². The summed E-state index contributed by atoms with van der Waals surface area (Å²) in [4.78, 5) is 0. The Morgan fingerprint density at radius 1 is 1.56 bits per heavy atom. The van der Waals surface area contributed by atoms with E-state index in [-0.39, 0.29) is 4.75 Å². The molecule has 0 N–H and O–H groups in total. The second kappa shape index (κ2) is 2.18. The van der Waals surface area contributed by atoms with Gasteiger partial charge in [0.1, 0.15) is 0 Å². The lowest BCUT2D eigenvalue weighted by atomic mass is 10.0. The lowest BCUT2D eigenvalue weighted by Gasteiger charge is -2.23. The molecule has 1 heterocycles. The van der Waals surface area contributed by atoms with E-state index < -0.39 is 0 Å². The molecule has 1 rings (SSSR count). The van der Waals surface area contributed by atoms with Crippen molar-refractivity contribution in [3.63, 3.8) is 0 Å². The summed E-state index contributed by atoms with van der Waals surface area (Å²) < 4.78 is 4.31. The van der Waals surface area contributed by atoms with Crippen molar-refractivity contribution >= 4 is 18.2 Å². The number of hydrogen-bond acceptors (Lipinski definition) is 2. The number of allylic oxidation sites excluding steroid dienone is 1. The van der Waals surface area contributed by atoms with Gasteiger partial charge in [0, 0.05) is 6.21 Å². The molecule has 0 fully saturated rings. The molecule has 0 aromatic rings.